The van der Waals surface area contributed by atoms with E-state index in [1.54, 1.807) is 18.2 Å². The molecule has 1 aliphatic carbocycles. The molecule has 0 radical (unpaired) electrons. The molecule has 0 aliphatic heterocycles. The van der Waals surface area contributed by atoms with Crippen LogP contribution in [0, 0.1) is 5.82 Å². The van der Waals surface area contributed by atoms with E-state index in [-0.39, 0.29) is 11.6 Å². The van der Waals surface area contributed by atoms with E-state index < -0.39 is 6.61 Å². The van der Waals surface area contributed by atoms with Gasteiger partial charge in [0.2, 0.25) is 0 Å². The molecule has 0 spiro atoms. The first-order valence-electron chi connectivity index (χ1n) is 9.55. The topological polar surface area (TPSA) is 9.23 Å². The summed E-state index contributed by atoms with van der Waals surface area (Å²) in [6.45, 7) is -0.692. The second-order valence-corrected chi connectivity index (χ2v) is 7.16. The number of alkyl halides is 2. The van der Waals surface area contributed by atoms with Gasteiger partial charge in [-0.2, -0.15) is 8.78 Å². The van der Waals surface area contributed by atoms with Crippen molar-refractivity contribution < 1.29 is 17.9 Å². The van der Waals surface area contributed by atoms with E-state index in [4.69, 9.17) is 0 Å². The second kappa shape index (κ2) is 7.70. The summed E-state index contributed by atoms with van der Waals surface area (Å²) < 4.78 is 43.8. The third-order valence-electron chi connectivity index (χ3n) is 5.24. The number of aryl methyl sites for hydroxylation is 1. The molecule has 0 heterocycles. The molecule has 0 N–H and O–H groups in total. The molecule has 0 aromatic heterocycles. The first-order valence-corrected chi connectivity index (χ1v) is 9.55. The molecule has 3 aromatic rings. The van der Waals surface area contributed by atoms with Crippen molar-refractivity contribution in [1.82, 2.24) is 0 Å². The lowest BCUT2D eigenvalue weighted by Crippen LogP contribution is -2.01. The summed E-state index contributed by atoms with van der Waals surface area (Å²) >= 11 is 0. The summed E-state index contributed by atoms with van der Waals surface area (Å²) in [6.07, 6.45) is 4.17. The number of rotatable bonds is 6. The normalized spacial score (nSPS) is 12.2. The van der Waals surface area contributed by atoms with E-state index in [1.165, 1.54) is 23.3 Å². The van der Waals surface area contributed by atoms with Crippen LogP contribution in [0.25, 0.3) is 22.3 Å². The highest BCUT2D eigenvalue weighted by Crippen LogP contribution is 2.40. The summed E-state index contributed by atoms with van der Waals surface area (Å²) in [5.41, 5.74) is 6.80. The van der Waals surface area contributed by atoms with Gasteiger partial charge < -0.3 is 4.74 Å². The van der Waals surface area contributed by atoms with E-state index in [9.17, 15) is 13.2 Å². The summed E-state index contributed by atoms with van der Waals surface area (Å²) in [5.74, 6) is -0.253. The minimum Gasteiger partial charge on any atom is -0.435 e. The van der Waals surface area contributed by atoms with Gasteiger partial charge in [0.1, 0.15) is 11.6 Å². The van der Waals surface area contributed by atoms with Gasteiger partial charge in [-0.25, -0.2) is 4.39 Å². The minimum absolute atomic E-state index is 0.0623. The number of fused-ring (bicyclic) bond motifs is 3. The maximum atomic E-state index is 14.8. The van der Waals surface area contributed by atoms with E-state index in [1.807, 2.05) is 6.07 Å². The SMILES string of the molecule is CCCCc1ccc2c(c1)Cc1cc(-c3ccc(OC(F)F)cc3)c(F)cc1-2. The van der Waals surface area contributed by atoms with Gasteiger partial charge in [0, 0.05) is 5.56 Å². The number of hydrogen-bond acceptors (Lipinski definition) is 1. The molecular weight excluding hydrogens is 361 g/mol. The molecule has 0 atom stereocenters. The highest BCUT2D eigenvalue weighted by atomic mass is 19.3. The summed E-state index contributed by atoms with van der Waals surface area (Å²) in [4.78, 5) is 0. The number of ether oxygens (including phenoxy) is 1. The molecule has 0 bridgehead atoms. The van der Waals surface area contributed by atoms with Crippen LogP contribution in [0.5, 0.6) is 5.75 Å². The lowest BCUT2D eigenvalue weighted by molar-refractivity contribution is -0.0498. The van der Waals surface area contributed by atoms with Crippen molar-refractivity contribution in [1.29, 1.82) is 0 Å². The highest BCUT2D eigenvalue weighted by Gasteiger charge is 2.21. The maximum absolute atomic E-state index is 14.8. The van der Waals surface area contributed by atoms with Crippen LogP contribution in [-0.4, -0.2) is 6.61 Å². The smallest absolute Gasteiger partial charge is 0.387 e. The van der Waals surface area contributed by atoms with Crippen molar-refractivity contribution in [2.24, 2.45) is 0 Å². The summed E-state index contributed by atoms with van der Waals surface area (Å²) in [7, 11) is 0. The summed E-state index contributed by atoms with van der Waals surface area (Å²) in [6, 6.07) is 16.0. The summed E-state index contributed by atoms with van der Waals surface area (Å²) in [5, 5.41) is 0. The maximum Gasteiger partial charge on any atom is 0.387 e. The van der Waals surface area contributed by atoms with Crippen LogP contribution >= 0.6 is 0 Å². The van der Waals surface area contributed by atoms with Gasteiger partial charge in [0.15, 0.2) is 0 Å². The van der Waals surface area contributed by atoms with Crippen LogP contribution < -0.4 is 4.74 Å². The Morgan fingerprint density at radius 1 is 0.893 bits per heavy atom. The molecular formula is C24H21F3O. The van der Waals surface area contributed by atoms with Crippen LogP contribution in [0.2, 0.25) is 0 Å². The molecule has 0 saturated heterocycles. The largest absolute Gasteiger partial charge is 0.435 e. The predicted molar refractivity (Wildman–Crippen MR) is 105 cm³/mol. The molecule has 4 rings (SSSR count). The van der Waals surface area contributed by atoms with Crippen LogP contribution in [0.1, 0.15) is 36.5 Å². The van der Waals surface area contributed by atoms with Crippen LogP contribution in [-0.2, 0) is 12.8 Å². The molecule has 1 aliphatic rings. The van der Waals surface area contributed by atoms with Crippen molar-refractivity contribution in [2.75, 3.05) is 0 Å². The van der Waals surface area contributed by atoms with E-state index >= 15 is 0 Å². The van der Waals surface area contributed by atoms with Crippen molar-refractivity contribution in [3.05, 3.63) is 77.1 Å². The van der Waals surface area contributed by atoms with Crippen LogP contribution in [0.15, 0.2) is 54.6 Å². The van der Waals surface area contributed by atoms with Gasteiger partial charge in [0.05, 0.1) is 0 Å². The fourth-order valence-corrected chi connectivity index (χ4v) is 3.85. The van der Waals surface area contributed by atoms with Gasteiger partial charge in [-0.15, -0.1) is 0 Å². The lowest BCUT2D eigenvalue weighted by atomic mass is 9.98. The zero-order chi connectivity index (χ0) is 19.7. The standard InChI is InChI=1S/C24H21F3O/c1-2-3-4-15-5-10-20-17(11-15)12-18-13-22(23(25)14-21(18)20)16-6-8-19(9-7-16)28-24(26)27/h5-11,13-14,24H,2-4,12H2,1H3. The average molecular weight is 382 g/mol. The third kappa shape index (κ3) is 3.64. The molecule has 0 saturated carbocycles. The Kier molecular flexibility index (Phi) is 5.12. The fraction of sp³-hybridized carbons (Fsp3) is 0.250. The van der Waals surface area contributed by atoms with Gasteiger partial charge in [-0.1, -0.05) is 43.7 Å². The molecule has 0 fully saturated rings. The number of hydrogen-bond donors (Lipinski definition) is 0. The van der Waals surface area contributed by atoms with Crippen molar-refractivity contribution >= 4 is 0 Å². The van der Waals surface area contributed by atoms with E-state index in [2.05, 4.69) is 29.9 Å². The van der Waals surface area contributed by atoms with E-state index in [0.717, 1.165) is 42.4 Å². The Morgan fingerprint density at radius 2 is 1.64 bits per heavy atom. The minimum atomic E-state index is -2.87. The molecule has 4 heteroatoms. The molecule has 28 heavy (non-hydrogen) atoms. The lowest BCUT2D eigenvalue weighted by Gasteiger charge is -2.09. The second-order valence-electron chi connectivity index (χ2n) is 7.16. The zero-order valence-corrected chi connectivity index (χ0v) is 15.6. The van der Waals surface area contributed by atoms with Crippen LogP contribution in [0.4, 0.5) is 13.2 Å². The molecule has 0 unspecified atom stereocenters. The number of benzene rings is 3. The Balaban J connectivity index is 1.64. The molecule has 3 aromatic carbocycles. The van der Waals surface area contributed by atoms with Crippen molar-refractivity contribution in [3.63, 3.8) is 0 Å². The molecule has 0 amide bonds. The molecule has 1 nitrogen and oxygen atoms in total. The van der Waals surface area contributed by atoms with Gasteiger partial charge in [-0.05, 0) is 76.9 Å². The Labute approximate surface area is 162 Å². The quantitative estimate of drug-likeness (QED) is 0.349. The van der Waals surface area contributed by atoms with Gasteiger partial charge in [0.25, 0.3) is 0 Å². The Morgan fingerprint density at radius 3 is 2.36 bits per heavy atom. The number of unbranched alkanes of at least 4 members (excludes halogenated alkanes) is 1. The first kappa shape index (κ1) is 18.6. The fourth-order valence-electron chi connectivity index (χ4n) is 3.85. The Bertz CT molecular complexity index is 993. The monoisotopic (exact) mass is 382 g/mol. The predicted octanol–water partition coefficient (Wildman–Crippen LogP) is 7.01. The van der Waals surface area contributed by atoms with Gasteiger partial charge >= 0.3 is 6.61 Å². The van der Waals surface area contributed by atoms with E-state index in [0.29, 0.717) is 11.1 Å². The van der Waals surface area contributed by atoms with Crippen LogP contribution in [0.3, 0.4) is 0 Å². The van der Waals surface area contributed by atoms with Crippen molar-refractivity contribution in [2.45, 2.75) is 39.2 Å². The Hall–Kier alpha value is -2.75. The first-order chi connectivity index (χ1) is 13.5. The third-order valence-corrected chi connectivity index (χ3v) is 5.24. The van der Waals surface area contributed by atoms with Gasteiger partial charge in [-0.3, -0.25) is 0 Å². The van der Waals surface area contributed by atoms with Crippen molar-refractivity contribution in [3.8, 4) is 28.0 Å². The highest BCUT2D eigenvalue weighted by molar-refractivity contribution is 5.81. The molecule has 144 valence electrons. The average Bonchev–Trinajstić information content (AvgIpc) is 3.02. The zero-order valence-electron chi connectivity index (χ0n) is 15.6. The number of halogens is 3.